The third kappa shape index (κ3) is 5.72. The van der Waals surface area contributed by atoms with Crippen LogP contribution in [-0.2, 0) is 4.79 Å². The normalized spacial score (nSPS) is 16.1. The molecule has 42 heavy (non-hydrogen) atoms. The summed E-state index contributed by atoms with van der Waals surface area (Å²) in [6.07, 6.45) is 0. The third-order valence-corrected chi connectivity index (χ3v) is 18.5. The highest BCUT2D eigenvalue weighted by molar-refractivity contribution is 6.75. The lowest BCUT2D eigenvalue weighted by atomic mass is 9.90. The highest BCUT2D eigenvalue weighted by atomic mass is 28.4. The van der Waals surface area contributed by atoms with E-state index in [9.17, 15) is 4.79 Å². The van der Waals surface area contributed by atoms with Crippen LogP contribution in [-0.4, -0.2) is 22.5 Å². The van der Waals surface area contributed by atoms with Crippen LogP contribution < -0.4 is 13.8 Å². The van der Waals surface area contributed by atoms with Gasteiger partial charge in [0.25, 0.3) is 16.6 Å². The Bertz CT molecular complexity index is 1370. The molecule has 1 aliphatic heterocycles. The molecule has 0 aromatic heterocycles. The summed E-state index contributed by atoms with van der Waals surface area (Å²) in [4.78, 5) is 16.3. The molecule has 1 amide bonds. The van der Waals surface area contributed by atoms with E-state index in [-0.39, 0.29) is 21.9 Å². The number of carbonyl (C=O) groups is 1. The average molecular weight is 602 g/mol. The second kappa shape index (κ2) is 10.7. The smallest absolute Gasteiger partial charge is 0.250 e. The van der Waals surface area contributed by atoms with Gasteiger partial charge in [0, 0.05) is 5.69 Å². The largest absolute Gasteiger partial charge is 0.543 e. The molecule has 0 bridgehead atoms. The van der Waals surface area contributed by atoms with E-state index in [1.807, 2.05) is 17.0 Å². The molecule has 1 atom stereocenters. The first-order valence-corrected chi connectivity index (χ1v) is 21.0. The summed E-state index contributed by atoms with van der Waals surface area (Å²) in [6, 6.07) is 16.7. The monoisotopic (exact) mass is 601 g/mol. The summed E-state index contributed by atoms with van der Waals surface area (Å²) in [5.41, 5.74) is 8.16. The second-order valence-electron chi connectivity index (χ2n) is 15.3. The molecule has 0 aliphatic carbocycles. The van der Waals surface area contributed by atoms with E-state index < -0.39 is 16.6 Å². The fourth-order valence-corrected chi connectivity index (χ4v) is 7.53. The van der Waals surface area contributed by atoms with Gasteiger partial charge in [-0.05, 0) is 116 Å². The maximum atomic E-state index is 14.4. The van der Waals surface area contributed by atoms with Crippen LogP contribution in [0.1, 0.15) is 80.8 Å². The molecule has 0 saturated heterocycles. The maximum absolute atomic E-state index is 14.4. The molecular formula is C36H51NO3Si2. The molecule has 0 N–H and O–H groups in total. The number of aryl methyl sites for hydroxylation is 4. The van der Waals surface area contributed by atoms with Gasteiger partial charge >= 0.3 is 0 Å². The molecule has 226 valence electrons. The van der Waals surface area contributed by atoms with Crippen LogP contribution in [0, 0.1) is 27.7 Å². The number of benzene rings is 3. The Balaban J connectivity index is 1.75. The van der Waals surface area contributed by atoms with E-state index in [1.54, 1.807) is 0 Å². The van der Waals surface area contributed by atoms with Gasteiger partial charge in [-0.15, -0.1) is 0 Å². The molecule has 0 spiro atoms. The molecule has 1 unspecified atom stereocenters. The van der Waals surface area contributed by atoms with Gasteiger partial charge in [-0.25, -0.2) is 0 Å². The molecule has 0 fully saturated rings. The van der Waals surface area contributed by atoms with Gasteiger partial charge in [-0.3, -0.25) is 9.69 Å². The van der Waals surface area contributed by atoms with E-state index in [4.69, 9.17) is 8.85 Å². The van der Waals surface area contributed by atoms with Crippen molar-refractivity contribution >= 4 is 33.9 Å². The first-order valence-electron chi connectivity index (χ1n) is 15.2. The minimum absolute atomic E-state index is 0.0740. The van der Waals surface area contributed by atoms with Crippen LogP contribution in [0.4, 0.5) is 11.4 Å². The van der Waals surface area contributed by atoms with E-state index in [2.05, 4.69) is 132 Å². The zero-order valence-corrected chi connectivity index (χ0v) is 30.4. The summed E-state index contributed by atoms with van der Waals surface area (Å²) in [5.74, 6) is 1.61. The number of nitrogens with zero attached hydrogens (tertiary/aromatic N) is 1. The maximum Gasteiger partial charge on any atom is 0.250 e. The van der Waals surface area contributed by atoms with Crippen molar-refractivity contribution in [2.24, 2.45) is 0 Å². The van der Waals surface area contributed by atoms with Crippen LogP contribution in [0.25, 0.3) is 0 Å². The Morgan fingerprint density at radius 1 is 0.667 bits per heavy atom. The van der Waals surface area contributed by atoms with E-state index >= 15 is 0 Å². The zero-order chi connectivity index (χ0) is 31.6. The van der Waals surface area contributed by atoms with Crippen molar-refractivity contribution in [1.29, 1.82) is 0 Å². The number of rotatable bonds is 6. The van der Waals surface area contributed by atoms with Crippen molar-refractivity contribution in [2.75, 3.05) is 4.90 Å². The van der Waals surface area contributed by atoms with Gasteiger partial charge in [-0.2, -0.15) is 0 Å². The SMILES string of the molecule is Cc1cc(C2C(=O)N(c3cc(C)c(O[Si](C)(C)C(C)(C)C)c(C)c3)c3ccccc32)cc(C)c1O[Si](C)(C)C(C)(C)C. The Labute approximate surface area is 256 Å². The number of para-hydroxylation sites is 1. The van der Waals surface area contributed by atoms with Crippen molar-refractivity contribution in [1.82, 2.24) is 0 Å². The van der Waals surface area contributed by atoms with Gasteiger partial charge in [-0.1, -0.05) is 71.9 Å². The number of fused-ring (bicyclic) bond motifs is 1. The van der Waals surface area contributed by atoms with Gasteiger partial charge in [0.15, 0.2) is 0 Å². The van der Waals surface area contributed by atoms with Gasteiger partial charge < -0.3 is 8.85 Å². The molecule has 0 radical (unpaired) electrons. The van der Waals surface area contributed by atoms with Crippen LogP contribution in [0.2, 0.25) is 36.3 Å². The Morgan fingerprint density at radius 2 is 1.07 bits per heavy atom. The summed E-state index contributed by atoms with van der Waals surface area (Å²) in [7, 11) is -4.02. The fourth-order valence-electron chi connectivity index (χ4n) is 5.25. The molecule has 6 heteroatoms. The number of anilines is 2. The first kappa shape index (κ1) is 32.1. The van der Waals surface area contributed by atoms with Crippen LogP contribution in [0.15, 0.2) is 48.5 Å². The molecule has 1 heterocycles. The van der Waals surface area contributed by atoms with Crippen molar-refractivity contribution in [2.45, 2.75) is 111 Å². The molecule has 4 nitrogen and oxygen atoms in total. The highest BCUT2D eigenvalue weighted by Crippen LogP contribution is 2.48. The van der Waals surface area contributed by atoms with Crippen molar-refractivity contribution in [3.63, 3.8) is 0 Å². The molecule has 1 aliphatic rings. The molecule has 3 aromatic rings. The number of carbonyl (C=O) groups excluding carboxylic acids is 1. The minimum Gasteiger partial charge on any atom is -0.543 e. The number of amides is 1. The Morgan fingerprint density at radius 3 is 1.50 bits per heavy atom. The quantitative estimate of drug-likeness (QED) is 0.264. The molecule has 4 rings (SSSR count). The summed E-state index contributed by atoms with van der Waals surface area (Å²) in [5, 5.41) is 0.204. The Hall–Kier alpha value is -2.84. The molecule has 3 aromatic carbocycles. The standard InChI is InChI=1S/C36H51NO3Si2/c1-23-19-27(20-24(2)32(23)39-41(11,12)35(5,6)7)31-29-17-15-16-18-30(29)37(34(31)38)28-21-25(3)33(26(4)22-28)40-42(13,14)36(8,9)10/h15-22,31H,1-14H3. The molecular weight excluding hydrogens is 551 g/mol. The van der Waals surface area contributed by atoms with Crippen LogP contribution in [0.5, 0.6) is 11.5 Å². The van der Waals surface area contributed by atoms with Crippen molar-refractivity contribution in [3.8, 4) is 11.5 Å². The lowest BCUT2D eigenvalue weighted by molar-refractivity contribution is -0.117. The minimum atomic E-state index is -2.01. The summed E-state index contributed by atoms with van der Waals surface area (Å²) >= 11 is 0. The van der Waals surface area contributed by atoms with Gasteiger partial charge in [0.2, 0.25) is 5.91 Å². The summed E-state index contributed by atoms with van der Waals surface area (Å²) < 4.78 is 13.5. The number of hydrogen-bond acceptors (Lipinski definition) is 3. The van der Waals surface area contributed by atoms with E-state index in [1.165, 1.54) is 0 Å². The van der Waals surface area contributed by atoms with E-state index in [0.717, 1.165) is 56.3 Å². The second-order valence-corrected chi connectivity index (χ2v) is 24.7. The van der Waals surface area contributed by atoms with Gasteiger partial charge in [0.05, 0.1) is 11.6 Å². The summed E-state index contributed by atoms with van der Waals surface area (Å²) in [6.45, 7) is 31.1. The van der Waals surface area contributed by atoms with Crippen LogP contribution >= 0.6 is 0 Å². The zero-order valence-electron chi connectivity index (χ0n) is 28.4. The fraction of sp³-hybridized carbons (Fsp3) is 0.472. The predicted octanol–water partition coefficient (Wildman–Crippen LogP) is 10.5. The lowest BCUT2D eigenvalue weighted by Gasteiger charge is -2.37. The van der Waals surface area contributed by atoms with Crippen LogP contribution in [0.3, 0.4) is 0 Å². The topological polar surface area (TPSA) is 38.8 Å². The first-order chi connectivity index (χ1) is 19.2. The van der Waals surface area contributed by atoms with Gasteiger partial charge in [0.1, 0.15) is 11.5 Å². The lowest BCUT2D eigenvalue weighted by Crippen LogP contribution is -2.44. The highest BCUT2D eigenvalue weighted by Gasteiger charge is 2.42. The van der Waals surface area contributed by atoms with Crippen molar-refractivity contribution in [3.05, 3.63) is 81.9 Å². The van der Waals surface area contributed by atoms with E-state index in [0.29, 0.717) is 0 Å². The number of hydrogen-bond donors (Lipinski definition) is 0. The third-order valence-electron chi connectivity index (χ3n) is 9.80. The predicted molar refractivity (Wildman–Crippen MR) is 183 cm³/mol. The average Bonchev–Trinajstić information content (AvgIpc) is 3.13. The molecule has 0 saturated carbocycles. The van der Waals surface area contributed by atoms with Crippen molar-refractivity contribution < 1.29 is 13.6 Å². The Kier molecular flexibility index (Phi) is 8.18.